The first-order valence-corrected chi connectivity index (χ1v) is 7.75. The van der Waals surface area contributed by atoms with Crippen LogP contribution in [0.15, 0.2) is 53.6 Å². The molecule has 23 heavy (non-hydrogen) atoms. The molecular weight excluding hydrogens is 312 g/mol. The average molecular weight is 331 g/mol. The Morgan fingerprint density at radius 3 is 2.65 bits per heavy atom. The van der Waals surface area contributed by atoms with Crippen molar-refractivity contribution in [3.63, 3.8) is 0 Å². The van der Waals surface area contributed by atoms with Gasteiger partial charge in [0.15, 0.2) is 0 Å². The molecular formula is C18H19ClN2O2. The third kappa shape index (κ3) is 5.11. The van der Waals surface area contributed by atoms with Crippen LogP contribution in [0.25, 0.3) is 0 Å². The third-order valence-electron chi connectivity index (χ3n) is 2.98. The van der Waals surface area contributed by atoms with E-state index in [2.05, 4.69) is 24.4 Å². The summed E-state index contributed by atoms with van der Waals surface area (Å²) in [6.07, 6.45) is 1.56. The van der Waals surface area contributed by atoms with Gasteiger partial charge in [0.25, 0.3) is 5.91 Å². The van der Waals surface area contributed by atoms with Gasteiger partial charge in [-0.1, -0.05) is 49.7 Å². The van der Waals surface area contributed by atoms with E-state index in [1.54, 1.807) is 30.5 Å². The number of hydrogen-bond acceptors (Lipinski definition) is 3. The number of rotatable bonds is 6. The van der Waals surface area contributed by atoms with Crippen molar-refractivity contribution < 1.29 is 9.53 Å². The average Bonchev–Trinajstić information content (AvgIpc) is 2.54. The number of carbonyl (C=O) groups excluding carboxylic acids is 1. The van der Waals surface area contributed by atoms with Crippen LogP contribution < -0.4 is 10.2 Å². The van der Waals surface area contributed by atoms with Crippen molar-refractivity contribution in [3.05, 3.63) is 64.7 Å². The molecule has 0 fully saturated rings. The number of nitrogens with zero attached hydrogens (tertiary/aromatic N) is 1. The largest absolute Gasteiger partial charge is 0.493 e. The molecule has 0 saturated heterocycles. The highest BCUT2D eigenvalue weighted by atomic mass is 35.5. The minimum Gasteiger partial charge on any atom is -0.493 e. The molecule has 2 aromatic rings. The maximum absolute atomic E-state index is 12.0. The normalized spacial score (nSPS) is 11.0. The summed E-state index contributed by atoms with van der Waals surface area (Å²) in [5, 5.41) is 4.37. The lowest BCUT2D eigenvalue weighted by Gasteiger charge is -2.10. The first-order chi connectivity index (χ1) is 11.1. The Bertz CT molecular complexity index is 699. The SMILES string of the molecule is CC(C)COc1ccccc1/C=N\NC(=O)c1ccccc1Cl. The van der Waals surface area contributed by atoms with E-state index < -0.39 is 0 Å². The van der Waals surface area contributed by atoms with Crippen molar-refractivity contribution in [2.45, 2.75) is 13.8 Å². The lowest BCUT2D eigenvalue weighted by molar-refractivity contribution is 0.0955. The fourth-order valence-electron chi connectivity index (χ4n) is 1.84. The van der Waals surface area contributed by atoms with E-state index in [9.17, 15) is 4.79 Å². The summed E-state index contributed by atoms with van der Waals surface area (Å²) < 4.78 is 5.73. The van der Waals surface area contributed by atoms with Crippen molar-refractivity contribution in [2.75, 3.05) is 6.61 Å². The van der Waals surface area contributed by atoms with Gasteiger partial charge in [0.05, 0.1) is 23.4 Å². The van der Waals surface area contributed by atoms with Crippen molar-refractivity contribution in [1.29, 1.82) is 0 Å². The Labute approximate surface area is 141 Å². The van der Waals surface area contributed by atoms with Gasteiger partial charge in [-0.2, -0.15) is 5.10 Å². The molecule has 4 nitrogen and oxygen atoms in total. The molecule has 0 spiro atoms. The Balaban J connectivity index is 2.03. The maximum Gasteiger partial charge on any atom is 0.272 e. The maximum atomic E-state index is 12.0. The van der Waals surface area contributed by atoms with Gasteiger partial charge in [-0.3, -0.25) is 4.79 Å². The summed E-state index contributed by atoms with van der Waals surface area (Å²) in [6, 6.07) is 14.4. The molecule has 0 radical (unpaired) electrons. The Kier molecular flexibility index (Phi) is 6.18. The van der Waals surface area contributed by atoms with Crippen molar-refractivity contribution in [1.82, 2.24) is 5.43 Å². The Morgan fingerprint density at radius 2 is 1.91 bits per heavy atom. The lowest BCUT2D eigenvalue weighted by atomic mass is 10.2. The van der Waals surface area contributed by atoms with E-state index in [0.717, 1.165) is 11.3 Å². The monoisotopic (exact) mass is 330 g/mol. The van der Waals surface area contributed by atoms with Gasteiger partial charge in [-0.25, -0.2) is 5.43 Å². The summed E-state index contributed by atoms with van der Waals surface area (Å²) in [5.41, 5.74) is 3.65. The summed E-state index contributed by atoms with van der Waals surface area (Å²) >= 11 is 5.98. The minimum absolute atomic E-state index is 0.354. The van der Waals surface area contributed by atoms with Crippen LogP contribution >= 0.6 is 11.6 Å². The van der Waals surface area contributed by atoms with Crippen LogP contribution in [0, 0.1) is 5.92 Å². The van der Waals surface area contributed by atoms with E-state index in [-0.39, 0.29) is 5.91 Å². The first kappa shape index (κ1) is 17.0. The molecule has 0 atom stereocenters. The molecule has 1 amide bonds. The molecule has 0 aliphatic rings. The number of halogens is 1. The number of ether oxygens (including phenoxy) is 1. The number of hydrogen-bond donors (Lipinski definition) is 1. The lowest BCUT2D eigenvalue weighted by Crippen LogP contribution is -2.18. The second-order valence-corrected chi connectivity index (χ2v) is 5.83. The van der Waals surface area contributed by atoms with Crippen molar-refractivity contribution in [3.8, 4) is 5.75 Å². The van der Waals surface area contributed by atoms with Crippen molar-refractivity contribution >= 4 is 23.7 Å². The molecule has 0 bridgehead atoms. The van der Waals surface area contributed by atoms with Gasteiger partial charge < -0.3 is 4.74 Å². The van der Waals surface area contributed by atoms with Gasteiger partial charge in [0.2, 0.25) is 0 Å². The third-order valence-corrected chi connectivity index (χ3v) is 3.31. The first-order valence-electron chi connectivity index (χ1n) is 7.37. The zero-order valence-corrected chi connectivity index (χ0v) is 13.9. The predicted molar refractivity (Wildman–Crippen MR) is 93.3 cm³/mol. The van der Waals surface area contributed by atoms with Crippen LogP contribution in [0.1, 0.15) is 29.8 Å². The molecule has 2 aromatic carbocycles. The predicted octanol–water partition coefficient (Wildman–Crippen LogP) is 4.14. The zero-order valence-electron chi connectivity index (χ0n) is 13.1. The van der Waals surface area contributed by atoms with E-state index in [0.29, 0.717) is 23.1 Å². The Morgan fingerprint density at radius 1 is 1.22 bits per heavy atom. The van der Waals surface area contributed by atoms with Gasteiger partial charge in [-0.15, -0.1) is 0 Å². The molecule has 1 N–H and O–H groups in total. The molecule has 0 unspecified atom stereocenters. The molecule has 2 rings (SSSR count). The second-order valence-electron chi connectivity index (χ2n) is 5.42. The standard InChI is InChI=1S/C18H19ClN2O2/c1-13(2)12-23-17-10-6-3-7-14(17)11-20-21-18(22)15-8-4-5-9-16(15)19/h3-11,13H,12H2,1-2H3,(H,21,22)/b20-11-. The van der Waals surface area contributed by atoms with Crippen LogP contribution in [0.5, 0.6) is 5.75 Å². The fourth-order valence-corrected chi connectivity index (χ4v) is 2.06. The zero-order chi connectivity index (χ0) is 16.7. The van der Waals surface area contributed by atoms with Gasteiger partial charge in [0.1, 0.15) is 5.75 Å². The summed E-state index contributed by atoms with van der Waals surface area (Å²) in [7, 11) is 0. The van der Waals surface area contributed by atoms with Crippen LogP contribution in [-0.2, 0) is 0 Å². The number of para-hydroxylation sites is 1. The topological polar surface area (TPSA) is 50.7 Å². The smallest absolute Gasteiger partial charge is 0.272 e. The van der Waals surface area contributed by atoms with Gasteiger partial charge in [-0.05, 0) is 30.2 Å². The summed E-state index contributed by atoms with van der Waals surface area (Å²) in [6.45, 7) is 4.79. The molecule has 0 saturated carbocycles. The highest BCUT2D eigenvalue weighted by molar-refractivity contribution is 6.33. The van der Waals surface area contributed by atoms with Crippen LogP contribution in [0.4, 0.5) is 0 Å². The number of hydrazone groups is 1. The number of benzene rings is 2. The minimum atomic E-state index is -0.354. The quantitative estimate of drug-likeness (QED) is 0.639. The van der Waals surface area contributed by atoms with E-state index in [1.807, 2.05) is 24.3 Å². The molecule has 120 valence electrons. The van der Waals surface area contributed by atoms with Gasteiger partial charge >= 0.3 is 0 Å². The molecule has 5 heteroatoms. The number of amides is 1. The number of nitrogens with one attached hydrogen (secondary N) is 1. The van der Waals surface area contributed by atoms with Crippen LogP contribution in [0.2, 0.25) is 5.02 Å². The van der Waals surface area contributed by atoms with Gasteiger partial charge in [0, 0.05) is 5.56 Å². The molecule has 0 aromatic heterocycles. The van der Waals surface area contributed by atoms with E-state index in [4.69, 9.17) is 16.3 Å². The Hall–Kier alpha value is -2.33. The molecule has 0 heterocycles. The number of carbonyl (C=O) groups is 1. The van der Waals surface area contributed by atoms with E-state index in [1.165, 1.54) is 0 Å². The molecule has 0 aliphatic carbocycles. The summed E-state index contributed by atoms with van der Waals surface area (Å²) in [4.78, 5) is 12.0. The van der Waals surface area contributed by atoms with Crippen LogP contribution in [-0.4, -0.2) is 18.7 Å². The molecule has 0 aliphatic heterocycles. The van der Waals surface area contributed by atoms with Crippen LogP contribution in [0.3, 0.4) is 0 Å². The van der Waals surface area contributed by atoms with E-state index >= 15 is 0 Å². The second kappa shape index (κ2) is 8.34. The summed E-state index contributed by atoms with van der Waals surface area (Å²) in [5.74, 6) is 0.810. The fraction of sp³-hybridized carbons (Fsp3) is 0.222. The highest BCUT2D eigenvalue weighted by Crippen LogP contribution is 2.17. The highest BCUT2D eigenvalue weighted by Gasteiger charge is 2.08. The van der Waals surface area contributed by atoms with Crippen molar-refractivity contribution in [2.24, 2.45) is 11.0 Å².